The first-order valence-corrected chi connectivity index (χ1v) is 9.20. The third kappa shape index (κ3) is 2.28. The fourth-order valence-corrected chi connectivity index (χ4v) is 4.31. The van der Waals surface area contributed by atoms with Gasteiger partial charge in [0.15, 0.2) is 20.6 Å². The highest BCUT2D eigenvalue weighted by Crippen LogP contribution is 2.38. The zero-order chi connectivity index (χ0) is 14.3. The predicted octanol–water partition coefficient (Wildman–Crippen LogP) is 1.58. The second kappa shape index (κ2) is 4.95. The van der Waals surface area contributed by atoms with Crippen molar-refractivity contribution in [2.75, 3.05) is 30.0 Å². The number of rotatable bonds is 3. The van der Waals surface area contributed by atoms with E-state index < -0.39 is 9.84 Å². The maximum Gasteiger partial charge on any atom is 0.182 e. The number of anilines is 2. The molecule has 0 radical (unpaired) electrons. The molecular weight excluding hydrogens is 276 g/mol. The minimum atomic E-state index is -3.36. The zero-order valence-electron chi connectivity index (χ0n) is 11.9. The molecule has 0 unspecified atom stereocenters. The van der Waals surface area contributed by atoms with Crippen LogP contribution in [0.2, 0.25) is 0 Å². The van der Waals surface area contributed by atoms with E-state index in [2.05, 4.69) is 10.00 Å². The summed E-state index contributed by atoms with van der Waals surface area (Å²) in [7, 11) is -3.36. The Balaban J connectivity index is 2.09. The lowest BCUT2D eigenvalue weighted by atomic mass is 10.2. The van der Waals surface area contributed by atoms with E-state index in [1.165, 1.54) is 6.26 Å². The van der Waals surface area contributed by atoms with E-state index in [0.717, 1.165) is 51.6 Å². The normalized spacial score (nSPS) is 20.9. The molecule has 2 N–H and O–H groups in total. The van der Waals surface area contributed by atoms with Crippen LogP contribution in [0.5, 0.6) is 0 Å². The van der Waals surface area contributed by atoms with Crippen molar-refractivity contribution in [3.63, 3.8) is 0 Å². The molecule has 1 saturated heterocycles. The van der Waals surface area contributed by atoms with Gasteiger partial charge in [-0.25, -0.2) is 13.1 Å². The van der Waals surface area contributed by atoms with Crippen LogP contribution in [0.3, 0.4) is 0 Å². The van der Waals surface area contributed by atoms with E-state index in [1.807, 2.05) is 0 Å². The van der Waals surface area contributed by atoms with Gasteiger partial charge in [0.05, 0.1) is 6.04 Å². The second-order valence-electron chi connectivity index (χ2n) is 5.89. The van der Waals surface area contributed by atoms with Crippen LogP contribution in [-0.2, 0) is 9.84 Å². The van der Waals surface area contributed by atoms with E-state index in [1.54, 1.807) is 4.68 Å². The Morgan fingerprint density at radius 2 is 1.75 bits per heavy atom. The summed E-state index contributed by atoms with van der Waals surface area (Å²) in [5.74, 6) is 0.885. The largest absolute Gasteiger partial charge is 0.383 e. The molecule has 0 amide bonds. The van der Waals surface area contributed by atoms with Crippen LogP contribution in [0.25, 0.3) is 0 Å². The number of hydrogen-bond donors (Lipinski definition) is 1. The molecule has 1 aliphatic heterocycles. The SMILES string of the molecule is CS(=O)(=O)c1c(N2CCCC2)nn(C2CCCC2)c1N. The van der Waals surface area contributed by atoms with Crippen LogP contribution in [-0.4, -0.2) is 37.5 Å². The molecule has 2 fully saturated rings. The number of hydrogen-bond acceptors (Lipinski definition) is 5. The summed E-state index contributed by atoms with van der Waals surface area (Å²) in [4.78, 5) is 2.28. The number of nitrogen functional groups attached to an aromatic ring is 1. The van der Waals surface area contributed by atoms with Crippen LogP contribution in [0, 0.1) is 0 Å². The quantitative estimate of drug-likeness (QED) is 0.916. The van der Waals surface area contributed by atoms with Crippen molar-refractivity contribution in [2.45, 2.75) is 49.5 Å². The topological polar surface area (TPSA) is 81.2 Å². The van der Waals surface area contributed by atoms with Crippen LogP contribution >= 0.6 is 0 Å². The van der Waals surface area contributed by atoms with Gasteiger partial charge in [0.1, 0.15) is 5.82 Å². The van der Waals surface area contributed by atoms with Gasteiger partial charge < -0.3 is 10.6 Å². The van der Waals surface area contributed by atoms with E-state index in [0.29, 0.717) is 11.6 Å². The monoisotopic (exact) mass is 298 g/mol. The molecule has 0 spiro atoms. The maximum absolute atomic E-state index is 12.1. The average molecular weight is 298 g/mol. The highest BCUT2D eigenvalue weighted by Gasteiger charge is 2.31. The van der Waals surface area contributed by atoms with Crippen molar-refractivity contribution >= 4 is 21.5 Å². The molecule has 1 saturated carbocycles. The number of sulfone groups is 1. The lowest BCUT2D eigenvalue weighted by Gasteiger charge is -2.15. The lowest BCUT2D eigenvalue weighted by molar-refractivity contribution is 0.473. The van der Waals surface area contributed by atoms with Crippen LogP contribution in [0.15, 0.2) is 4.90 Å². The molecule has 0 atom stereocenters. The third-order valence-corrected chi connectivity index (χ3v) is 5.47. The molecule has 1 aliphatic carbocycles. The maximum atomic E-state index is 12.1. The summed E-state index contributed by atoms with van der Waals surface area (Å²) in [6.07, 6.45) is 7.79. The molecule has 1 aromatic rings. The van der Waals surface area contributed by atoms with E-state index in [9.17, 15) is 8.42 Å². The number of aromatic nitrogens is 2. The Labute approximate surface area is 119 Å². The average Bonchev–Trinajstić information content (AvgIpc) is 3.07. The molecule has 1 aromatic heterocycles. The van der Waals surface area contributed by atoms with Gasteiger partial charge in [-0.1, -0.05) is 12.8 Å². The van der Waals surface area contributed by atoms with Gasteiger partial charge in [-0.3, -0.25) is 0 Å². The minimum Gasteiger partial charge on any atom is -0.383 e. The van der Waals surface area contributed by atoms with Crippen LogP contribution in [0.1, 0.15) is 44.6 Å². The van der Waals surface area contributed by atoms with E-state index >= 15 is 0 Å². The molecule has 2 aliphatic rings. The van der Waals surface area contributed by atoms with Crippen molar-refractivity contribution in [1.82, 2.24) is 9.78 Å². The smallest absolute Gasteiger partial charge is 0.182 e. The highest BCUT2D eigenvalue weighted by molar-refractivity contribution is 7.91. The fourth-order valence-electron chi connectivity index (χ4n) is 3.34. The molecule has 7 heteroatoms. The molecule has 0 aromatic carbocycles. The summed E-state index contributed by atoms with van der Waals surface area (Å²) in [5, 5.41) is 4.58. The third-order valence-electron chi connectivity index (χ3n) is 4.33. The Morgan fingerprint density at radius 1 is 1.15 bits per heavy atom. The van der Waals surface area contributed by atoms with Gasteiger partial charge >= 0.3 is 0 Å². The van der Waals surface area contributed by atoms with Crippen LogP contribution in [0.4, 0.5) is 11.6 Å². The molecule has 0 bridgehead atoms. The van der Waals surface area contributed by atoms with Gasteiger partial charge in [-0.05, 0) is 25.7 Å². The standard InChI is InChI=1S/C13H22N4O2S/c1-20(18,19)11-12(14)17(10-6-2-3-7-10)15-13(11)16-8-4-5-9-16/h10H,2-9,14H2,1H3. The molecule has 3 rings (SSSR count). The summed E-state index contributed by atoms with van der Waals surface area (Å²) in [5.41, 5.74) is 6.13. The van der Waals surface area contributed by atoms with Crippen molar-refractivity contribution in [3.8, 4) is 0 Å². The highest BCUT2D eigenvalue weighted by atomic mass is 32.2. The summed E-state index contributed by atoms with van der Waals surface area (Å²) in [6.45, 7) is 1.73. The van der Waals surface area contributed by atoms with E-state index in [4.69, 9.17) is 5.73 Å². The second-order valence-corrected chi connectivity index (χ2v) is 7.84. The first kappa shape index (κ1) is 13.7. The minimum absolute atomic E-state index is 0.228. The lowest BCUT2D eigenvalue weighted by Crippen LogP contribution is -2.20. The van der Waals surface area contributed by atoms with Gasteiger partial charge in [0, 0.05) is 19.3 Å². The van der Waals surface area contributed by atoms with Crippen molar-refractivity contribution in [3.05, 3.63) is 0 Å². The molecular formula is C13H22N4O2S. The summed E-state index contributed by atoms with van der Waals surface area (Å²) >= 11 is 0. The summed E-state index contributed by atoms with van der Waals surface area (Å²) in [6, 6.07) is 0.256. The van der Waals surface area contributed by atoms with Crippen LogP contribution < -0.4 is 10.6 Å². The van der Waals surface area contributed by atoms with Crippen molar-refractivity contribution in [1.29, 1.82) is 0 Å². The van der Waals surface area contributed by atoms with Crippen molar-refractivity contribution < 1.29 is 8.42 Å². The zero-order valence-corrected chi connectivity index (χ0v) is 12.7. The number of nitrogens with two attached hydrogens (primary N) is 1. The Bertz CT molecular complexity index is 596. The number of nitrogens with zero attached hydrogens (tertiary/aromatic N) is 3. The van der Waals surface area contributed by atoms with Gasteiger partial charge in [-0.15, -0.1) is 0 Å². The Morgan fingerprint density at radius 3 is 2.30 bits per heavy atom. The fraction of sp³-hybridized carbons (Fsp3) is 0.769. The first-order valence-electron chi connectivity index (χ1n) is 7.31. The Kier molecular flexibility index (Phi) is 3.40. The molecule has 2 heterocycles. The molecule has 112 valence electrons. The van der Waals surface area contributed by atoms with Crippen molar-refractivity contribution in [2.24, 2.45) is 0 Å². The first-order chi connectivity index (χ1) is 9.48. The summed E-state index contributed by atoms with van der Waals surface area (Å²) < 4.78 is 26.0. The molecule has 20 heavy (non-hydrogen) atoms. The van der Waals surface area contributed by atoms with E-state index in [-0.39, 0.29) is 10.9 Å². The Hall–Kier alpha value is -1.24. The van der Waals surface area contributed by atoms with Gasteiger partial charge in [0.2, 0.25) is 0 Å². The molecule has 6 nitrogen and oxygen atoms in total. The van der Waals surface area contributed by atoms with Gasteiger partial charge in [-0.2, -0.15) is 5.10 Å². The predicted molar refractivity (Wildman–Crippen MR) is 78.7 cm³/mol. The van der Waals surface area contributed by atoms with Gasteiger partial charge in [0.25, 0.3) is 0 Å².